The maximum atomic E-state index is 11.8. The van der Waals surface area contributed by atoms with E-state index in [1.165, 1.54) is 0 Å². The third-order valence-corrected chi connectivity index (χ3v) is 2.76. The molecule has 1 amide bonds. The normalized spacial score (nSPS) is 25.3. The average molecular weight is 213 g/mol. The minimum absolute atomic E-state index is 0.0167. The van der Waals surface area contributed by atoms with Crippen molar-refractivity contribution in [3.05, 3.63) is 0 Å². The van der Waals surface area contributed by atoms with Crippen molar-refractivity contribution in [3.8, 4) is 0 Å². The van der Waals surface area contributed by atoms with Crippen LogP contribution in [0.4, 0.5) is 0 Å². The highest BCUT2D eigenvalue weighted by Gasteiger charge is 2.25. The van der Waals surface area contributed by atoms with Gasteiger partial charge in [0.15, 0.2) is 0 Å². The topological polar surface area (TPSA) is 44.4 Å². The van der Waals surface area contributed by atoms with Gasteiger partial charge in [0.05, 0.1) is 6.04 Å². The molecule has 0 aliphatic carbocycles. The predicted octanol–water partition coefficient (Wildman–Crippen LogP) is 0.193. The highest BCUT2D eigenvalue weighted by atomic mass is 16.2. The molecular weight excluding hydrogens is 190 g/mol. The summed E-state index contributed by atoms with van der Waals surface area (Å²) in [5.41, 5.74) is 0. The van der Waals surface area contributed by atoms with Crippen LogP contribution in [0.2, 0.25) is 0 Å². The average Bonchev–Trinajstić information content (AvgIpc) is 2.15. The lowest BCUT2D eigenvalue weighted by Gasteiger charge is -2.35. The van der Waals surface area contributed by atoms with Gasteiger partial charge >= 0.3 is 0 Å². The van der Waals surface area contributed by atoms with Gasteiger partial charge < -0.3 is 10.6 Å². The number of carbonyl (C=O) groups is 1. The molecule has 2 N–H and O–H groups in total. The molecular formula is C11H23N3O. The molecule has 1 saturated heterocycles. The van der Waals surface area contributed by atoms with E-state index >= 15 is 0 Å². The molecule has 0 aromatic carbocycles. The highest BCUT2D eigenvalue weighted by molar-refractivity contribution is 5.81. The lowest BCUT2D eigenvalue weighted by atomic mass is 10.1. The molecule has 4 heteroatoms. The lowest BCUT2D eigenvalue weighted by molar-refractivity contribution is -0.126. The molecule has 1 rings (SSSR count). The Hall–Kier alpha value is -0.610. The summed E-state index contributed by atoms with van der Waals surface area (Å²) in [5, 5.41) is 6.33. The van der Waals surface area contributed by atoms with Crippen molar-refractivity contribution in [2.24, 2.45) is 0 Å². The van der Waals surface area contributed by atoms with Crippen molar-refractivity contribution in [1.82, 2.24) is 15.5 Å². The summed E-state index contributed by atoms with van der Waals surface area (Å²) >= 11 is 0. The van der Waals surface area contributed by atoms with Crippen LogP contribution in [-0.2, 0) is 4.79 Å². The number of piperazine rings is 1. The van der Waals surface area contributed by atoms with Gasteiger partial charge in [0.2, 0.25) is 5.91 Å². The van der Waals surface area contributed by atoms with Gasteiger partial charge in [-0.1, -0.05) is 0 Å². The summed E-state index contributed by atoms with van der Waals surface area (Å²) in [6, 6.07) is 0.685. The molecule has 1 heterocycles. The maximum Gasteiger partial charge on any atom is 0.237 e. The molecule has 0 bridgehead atoms. The first-order valence-electron chi connectivity index (χ1n) is 5.78. The zero-order chi connectivity index (χ0) is 11.4. The van der Waals surface area contributed by atoms with E-state index in [9.17, 15) is 4.79 Å². The molecule has 0 spiro atoms. The molecule has 1 fully saturated rings. The number of nitrogens with one attached hydrogen (secondary N) is 2. The predicted molar refractivity (Wildman–Crippen MR) is 61.8 cm³/mol. The molecule has 2 atom stereocenters. The Morgan fingerprint density at radius 1 is 1.47 bits per heavy atom. The first kappa shape index (κ1) is 12.5. The Labute approximate surface area is 92.4 Å². The van der Waals surface area contributed by atoms with E-state index in [1.54, 1.807) is 0 Å². The van der Waals surface area contributed by atoms with Crippen molar-refractivity contribution in [1.29, 1.82) is 0 Å². The molecule has 0 aromatic heterocycles. The van der Waals surface area contributed by atoms with Crippen LogP contribution in [0, 0.1) is 0 Å². The van der Waals surface area contributed by atoms with Crippen LogP contribution in [0.3, 0.4) is 0 Å². The molecule has 1 aliphatic heterocycles. The highest BCUT2D eigenvalue weighted by Crippen LogP contribution is 2.04. The van der Waals surface area contributed by atoms with Crippen molar-refractivity contribution in [3.63, 3.8) is 0 Å². The fraction of sp³-hybridized carbons (Fsp3) is 0.909. The largest absolute Gasteiger partial charge is 0.353 e. The summed E-state index contributed by atoms with van der Waals surface area (Å²) in [5.74, 6) is 0.138. The fourth-order valence-electron chi connectivity index (χ4n) is 1.88. The maximum absolute atomic E-state index is 11.8. The number of amides is 1. The van der Waals surface area contributed by atoms with E-state index < -0.39 is 0 Å². The van der Waals surface area contributed by atoms with E-state index in [-0.39, 0.29) is 18.0 Å². The third-order valence-electron chi connectivity index (χ3n) is 2.76. The number of rotatable bonds is 3. The standard InChI is InChI=1S/C11H23N3O/c1-8(2)13-11(15)10(4)14-6-5-12-9(3)7-14/h8-10,12H,5-7H2,1-4H3,(H,13,15)/t9-,10?/m0/s1. The zero-order valence-electron chi connectivity index (χ0n) is 10.2. The Morgan fingerprint density at radius 3 is 2.67 bits per heavy atom. The van der Waals surface area contributed by atoms with Gasteiger partial charge in [-0.15, -0.1) is 0 Å². The van der Waals surface area contributed by atoms with Crippen molar-refractivity contribution >= 4 is 5.91 Å². The second-order valence-corrected chi connectivity index (χ2v) is 4.69. The van der Waals surface area contributed by atoms with Crippen molar-refractivity contribution in [2.75, 3.05) is 19.6 Å². The van der Waals surface area contributed by atoms with Gasteiger partial charge in [0, 0.05) is 31.7 Å². The summed E-state index contributed by atoms with van der Waals surface area (Å²) in [6.07, 6.45) is 0. The summed E-state index contributed by atoms with van der Waals surface area (Å²) < 4.78 is 0. The van der Waals surface area contributed by atoms with Gasteiger partial charge in [0.25, 0.3) is 0 Å². The first-order chi connectivity index (χ1) is 7.00. The van der Waals surface area contributed by atoms with Crippen LogP contribution in [0.1, 0.15) is 27.7 Å². The van der Waals surface area contributed by atoms with Gasteiger partial charge in [-0.05, 0) is 27.7 Å². The Kier molecular flexibility index (Phi) is 4.54. The second kappa shape index (κ2) is 5.47. The summed E-state index contributed by atoms with van der Waals surface area (Å²) in [4.78, 5) is 14.0. The molecule has 0 radical (unpaired) electrons. The van der Waals surface area contributed by atoms with Crippen LogP contribution < -0.4 is 10.6 Å². The van der Waals surface area contributed by atoms with E-state index in [0.717, 1.165) is 19.6 Å². The van der Waals surface area contributed by atoms with E-state index in [4.69, 9.17) is 0 Å². The first-order valence-corrected chi connectivity index (χ1v) is 5.78. The summed E-state index contributed by atoms with van der Waals surface area (Å²) in [7, 11) is 0. The molecule has 88 valence electrons. The van der Waals surface area contributed by atoms with Crippen molar-refractivity contribution < 1.29 is 4.79 Å². The van der Waals surface area contributed by atoms with E-state index in [2.05, 4.69) is 22.5 Å². The lowest BCUT2D eigenvalue weighted by Crippen LogP contribution is -2.56. The van der Waals surface area contributed by atoms with Crippen LogP contribution in [-0.4, -0.2) is 48.6 Å². The van der Waals surface area contributed by atoms with Gasteiger partial charge in [-0.3, -0.25) is 9.69 Å². The molecule has 0 saturated carbocycles. The van der Waals surface area contributed by atoms with Gasteiger partial charge in [-0.25, -0.2) is 0 Å². The van der Waals surface area contributed by atoms with E-state index in [0.29, 0.717) is 6.04 Å². The third kappa shape index (κ3) is 3.80. The summed E-state index contributed by atoms with van der Waals surface area (Å²) in [6.45, 7) is 11.0. The van der Waals surface area contributed by atoms with E-state index in [1.807, 2.05) is 20.8 Å². The van der Waals surface area contributed by atoms with Crippen LogP contribution >= 0.6 is 0 Å². The van der Waals surface area contributed by atoms with Crippen molar-refractivity contribution in [2.45, 2.75) is 45.8 Å². The molecule has 15 heavy (non-hydrogen) atoms. The molecule has 1 aliphatic rings. The fourth-order valence-corrected chi connectivity index (χ4v) is 1.88. The minimum Gasteiger partial charge on any atom is -0.353 e. The minimum atomic E-state index is -0.0167. The zero-order valence-corrected chi connectivity index (χ0v) is 10.2. The Balaban J connectivity index is 2.44. The van der Waals surface area contributed by atoms with Gasteiger partial charge in [0.1, 0.15) is 0 Å². The smallest absolute Gasteiger partial charge is 0.237 e. The monoisotopic (exact) mass is 213 g/mol. The van der Waals surface area contributed by atoms with Crippen LogP contribution in [0.15, 0.2) is 0 Å². The SMILES string of the molecule is CC(C)NC(=O)C(C)N1CCN[C@@H](C)C1. The number of hydrogen-bond acceptors (Lipinski definition) is 3. The molecule has 4 nitrogen and oxygen atoms in total. The molecule has 0 aromatic rings. The quantitative estimate of drug-likeness (QED) is 0.703. The number of nitrogens with zero attached hydrogens (tertiary/aromatic N) is 1. The Bertz CT molecular complexity index is 218. The van der Waals surface area contributed by atoms with Crippen LogP contribution in [0.5, 0.6) is 0 Å². The number of carbonyl (C=O) groups excluding carboxylic acids is 1. The second-order valence-electron chi connectivity index (χ2n) is 4.69. The van der Waals surface area contributed by atoms with Crippen LogP contribution in [0.25, 0.3) is 0 Å². The van der Waals surface area contributed by atoms with Gasteiger partial charge in [-0.2, -0.15) is 0 Å². The number of hydrogen-bond donors (Lipinski definition) is 2. The Morgan fingerprint density at radius 2 is 2.13 bits per heavy atom. The molecule has 1 unspecified atom stereocenters.